The highest BCUT2D eigenvalue weighted by Crippen LogP contribution is 2.29. The maximum absolute atomic E-state index is 13.1. The molecule has 0 heterocycles. The van der Waals surface area contributed by atoms with Crippen LogP contribution in [0.15, 0.2) is 18.2 Å². The van der Waals surface area contributed by atoms with Gasteiger partial charge in [0, 0.05) is 12.2 Å². The maximum Gasteiger partial charge on any atom is 0.123 e. The van der Waals surface area contributed by atoms with Crippen molar-refractivity contribution in [3.63, 3.8) is 0 Å². The van der Waals surface area contributed by atoms with Crippen LogP contribution in [0.5, 0.6) is 0 Å². The van der Waals surface area contributed by atoms with Gasteiger partial charge in [0.25, 0.3) is 0 Å². The van der Waals surface area contributed by atoms with Crippen LogP contribution in [0.4, 0.5) is 4.39 Å². The van der Waals surface area contributed by atoms with E-state index in [2.05, 4.69) is 0 Å². The van der Waals surface area contributed by atoms with Crippen molar-refractivity contribution in [2.45, 2.75) is 32.3 Å². The summed E-state index contributed by atoms with van der Waals surface area (Å²) in [6.07, 6.45) is 5.13. The number of halogens is 1. The van der Waals surface area contributed by atoms with Crippen LogP contribution >= 0.6 is 12.2 Å². The standard InChI is InChI=1S/C14H18FNOS/c15-12-5-4-11(13(8-12)14(16)18)9-17-7-6-10-2-1-3-10/h4-5,8,10H,1-3,6-7,9H2,(H2,16,18). The molecule has 1 aromatic rings. The monoisotopic (exact) mass is 267 g/mol. The summed E-state index contributed by atoms with van der Waals surface area (Å²) < 4.78 is 18.7. The van der Waals surface area contributed by atoms with E-state index in [1.54, 1.807) is 6.07 Å². The summed E-state index contributed by atoms with van der Waals surface area (Å²) in [5.74, 6) is 0.518. The Bertz CT molecular complexity index is 432. The molecule has 0 bridgehead atoms. The van der Waals surface area contributed by atoms with Crippen molar-refractivity contribution in [2.24, 2.45) is 11.7 Å². The van der Waals surface area contributed by atoms with Crippen LogP contribution in [0.25, 0.3) is 0 Å². The molecule has 1 fully saturated rings. The molecule has 1 aliphatic rings. The quantitative estimate of drug-likeness (QED) is 0.635. The average molecular weight is 267 g/mol. The van der Waals surface area contributed by atoms with Gasteiger partial charge < -0.3 is 10.5 Å². The summed E-state index contributed by atoms with van der Waals surface area (Å²) in [5.41, 5.74) is 7.01. The van der Waals surface area contributed by atoms with E-state index in [-0.39, 0.29) is 10.8 Å². The van der Waals surface area contributed by atoms with Crippen LogP contribution < -0.4 is 5.73 Å². The minimum atomic E-state index is -0.323. The third kappa shape index (κ3) is 3.50. The lowest BCUT2D eigenvalue weighted by molar-refractivity contribution is 0.0949. The first-order valence-corrected chi connectivity index (χ1v) is 6.73. The molecule has 2 N–H and O–H groups in total. The third-order valence-electron chi connectivity index (χ3n) is 3.49. The van der Waals surface area contributed by atoms with Crippen LogP contribution in [0, 0.1) is 11.7 Å². The number of benzene rings is 1. The first-order valence-electron chi connectivity index (χ1n) is 6.33. The molecule has 0 atom stereocenters. The molecule has 0 aliphatic heterocycles. The van der Waals surface area contributed by atoms with Gasteiger partial charge in [0.15, 0.2) is 0 Å². The summed E-state index contributed by atoms with van der Waals surface area (Å²) >= 11 is 4.91. The Morgan fingerprint density at radius 2 is 2.22 bits per heavy atom. The van der Waals surface area contributed by atoms with Gasteiger partial charge in [0.2, 0.25) is 0 Å². The largest absolute Gasteiger partial charge is 0.389 e. The Kier molecular flexibility index (Phi) is 4.66. The van der Waals surface area contributed by atoms with Gasteiger partial charge in [-0.2, -0.15) is 0 Å². The minimum Gasteiger partial charge on any atom is -0.389 e. The van der Waals surface area contributed by atoms with E-state index in [0.29, 0.717) is 12.2 Å². The highest BCUT2D eigenvalue weighted by atomic mass is 32.1. The number of thiocarbonyl (C=S) groups is 1. The molecule has 2 rings (SSSR count). The maximum atomic E-state index is 13.1. The first kappa shape index (κ1) is 13.4. The van der Waals surface area contributed by atoms with Gasteiger partial charge in [0.1, 0.15) is 10.8 Å². The Balaban J connectivity index is 1.85. The highest BCUT2D eigenvalue weighted by molar-refractivity contribution is 7.80. The lowest BCUT2D eigenvalue weighted by atomic mass is 9.83. The van der Waals surface area contributed by atoms with Gasteiger partial charge in [-0.15, -0.1) is 0 Å². The minimum absolute atomic E-state index is 0.215. The topological polar surface area (TPSA) is 35.2 Å². The third-order valence-corrected chi connectivity index (χ3v) is 3.71. The van der Waals surface area contributed by atoms with Gasteiger partial charge in [-0.1, -0.05) is 37.5 Å². The fourth-order valence-electron chi connectivity index (χ4n) is 2.12. The van der Waals surface area contributed by atoms with Crippen molar-refractivity contribution >= 4 is 17.2 Å². The molecule has 0 saturated heterocycles. The van der Waals surface area contributed by atoms with E-state index >= 15 is 0 Å². The molecule has 1 saturated carbocycles. The molecule has 0 amide bonds. The second kappa shape index (κ2) is 6.25. The molecule has 2 nitrogen and oxygen atoms in total. The molecule has 0 aromatic heterocycles. The zero-order valence-corrected chi connectivity index (χ0v) is 11.1. The summed E-state index contributed by atoms with van der Waals surface area (Å²) in [4.78, 5) is 0.215. The number of rotatable bonds is 6. The predicted molar refractivity (Wildman–Crippen MR) is 73.9 cm³/mol. The molecular weight excluding hydrogens is 249 g/mol. The van der Waals surface area contributed by atoms with Gasteiger partial charge in [-0.25, -0.2) is 4.39 Å². The number of ether oxygens (including phenoxy) is 1. The molecule has 1 aromatic carbocycles. The molecule has 1 aliphatic carbocycles. The molecule has 4 heteroatoms. The van der Waals surface area contributed by atoms with E-state index in [9.17, 15) is 4.39 Å². The molecule has 18 heavy (non-hydrogen) atoms. The zero-order chi connectivity index (χ0) is 13.0. The number of hydrogen-bond acceptors (Lipinski definition) is 2. The summed E-state index contributed by atoms with van der Waals surface area (Å²) in [6.45, 7) is 1.19. The lowest BCUT2D eigenvalue weighted by Gasteiger charge is -2.24. The normalized spacial score (nSPS) is 15.4. The van der Waals surface area contributed by atoms with Crippen LogP contribution in [0.1, 0.15) is 36.8 Å². The van der Waals surface area contributed by atoms with Crippen molar-refractivity contribution in [2.75, 3.05) is 6.61 Å². The van der Waals surface area contributed by atoms with Gasteiger partial charge >= 0.3 is 0 Å². The fourth-order valence-corrected chi connectivity index (χ4v) is 2.31. The summed E-state index contributed by atoms with van der Waals surface area (Å²) in [7, 11) is 0. The van der Waals surface area contributed by atoms with E-state index in [0.717, 1.165) is 24.5 Å². The number of nitrogens with two attached hydrogens (primary N) is 1. The Labute approximate surface area is 112 Å². The Morgan fingerprint density at radius 1 is 1.44 bits per heavy atom. The van der Waals surface area contributed by atoms with E-state index < -0.39 is 0 Å². The first-order chi connectivity index (χ1) is 8.66. The van der Waals surface area contributed by atoms with Crippen LogP contribution in [-0.2, 0) is 11.3 Å². The van der Waals surface area contributed by atoms with Crippen molar-refractivity contribution < 1.29 is 9.13 Å². The zero-order valence-electron chi connectivity index (χ0n) is 10.3. The Morgan fingerprint density at radius 3 is 2.83 bits per heavy atom. The molecule has 98 valence electrons. The smallest absolute Gasteiger partial charge is 0.123 e. The van der Waals surface area contributed by atoms with Gasteiger partial charge in [-0.05, 0) is 30.0 Å². The number of hydrogen-bond donors (Lipinski definition) is 1. The molecule has 0 spiro atoms. The van der Waals surface area contributed by atoms with Crippen LogP contribution in [0.3, 0.4) is 0 Å². The summed E-state index contributed by atoms with van der Waals surface area (Å²) in [6, 6.07) is 4.46. The van der Waals surface area contributed by atoms with Crippen molar-refractivity contribution in [1.82, 2.24) is 0 Å². The van der Waals surface area contributed by atoms with E-state index in [1.165, 1.54) is 31.4 Å². The van der Waals surface area contributed by atoms with Crippen LogP contribution in [0.2, 0.25) is 0 Å². The predicted octanol–water partition coefficient (Wildman–Crippen LogP) is 3.17. The lowest BCUT2D eigenvalue weighted by Crippen LogP contribution is -2.15. The van der Waals surface area contributed by atoms with Crippen molar-refractivity contribution in [3.8, 4) is 0 Å². The van der Waals surface area contributed by atoms with Crippen molar-refractivity contribution in [3.05, 3.63) is 35.1 Å². The SMILES string of the molecule is NC(=S)c1cc(F)ccc1COCCC1CCC1. The molecule has 0 unspecified atom stereocenters. The van der Waals surface area contributed by atoms with Gasteiger partial charge in [0.05, 0.1) is 6.61 Å². The fraction of sp³-hybridized carbons (Fsp3) is 0.500. The van der Waals surface area contributed by atoms with E-state index in [1.807, 2.05) is 0 Å². The highest BCUT2D eigenvalue weighted by Gasteiger charge is 2.16. The Hall–Kier alpha value is -1.00. The summed E-state index contributed by atoms with van der Waals surface area (Å²) in [5, 5.41) is 0. The second-order valence-electron chi connectivity index (χ2n) is 4.80. The van der Waals surface area contributed by atoms with Crippen molar-refractivity contribution in [1.29, 1.82) is 0 Å². The van der Waals surface area contributed by atoms with Gasteiger partial charge in [-0.3, -0.25) is 0 Å². The second-order valence-corrected chi connectivity index (χ2v) is 5.24. The molecule has 0 radical (unpaired) electrons. The molecular formula is C14H18FNOS. The average Bonchev–Trinajstić information content (AvgIpc) is 2.27. The van der Waals surface area contributed by atoms with E-state index in [4.69, 9.17) is 22.7 Å². The van der Waals surface area contributed by atoms with Crippen LogP contribution in [-0.4, -0.2) is 11.6 Å².